The Bertz CT molecular complexity index is 866. The van der Waals surface area contributed by atoms with Crippen LogP contribution in [0, 0.1) is 5.92 Å². The number of rotatable bonds is 7. The van der Waals surface area contributed by atoms with E-state index in [0.717, 1.165) is 5.56 Å². The minimum atomic E-state index is -0.360. The molecule has 1 unspecified atom stereocenters. The predicted molar refractivity (Wildman–Crippen MR) is 112 cm³/mol. The normalized spacial score (nSPS) is 16.2. The van der Waals surface area contributed by atoms with Gasteiger partial charge in [0.05, 0.1) is 20.1 Å². The molecule has 1 fully saturated rings. The van der Waals surface area contributed by atoms with E-state index in [-0.39, 0.29) is 30.2 Å². The van der Waals surface area contributed by atoms with Crippen molar-refractivity contribution in [3.63, 3.8) is 0 Å². The molecule has 29 heavy (non-hydrogen) atoms. The van der Waals surface area contributed by atoms with Crippen LogP contribution in [0.2, 0.25) is 0 Å². The molecule has 1 aliphatic heterocycles. The van der Waals surface area contributed by atoms with Gasteiger partial charge in [0.2, 0.25) is 11.8 Å². The number of amides is 2. The highest BCUT2D eigenvalue weighted by atomic mass is 16.5. The van der Waals surface area contributed by atoms with Crippen molar-refractivity contribution in [2.45, 2.75) is 32.9 Å². The van der Waals surface area contributed by atoms with Crippen molar-refractivity contribution in [3.05, 3.63) is 54.1 Å². The summed E-state index contributed by atoms with van der Waals surface area (Å²) in [5.74, 6) is 0.755. The Hall–Kier alpha value is -3.02. The first-order chi connectivity index (χ1) is 13.9. The Kier molecular flexibility index (Phi) is 6.42. The SMILES string of the molecule is COc1ccc(N2CC(C(=O)N(Cc3ccccc3)C(C)C)CC2=O)cc1OC. The summed E-state index contributed by atoms with van der Waals surface area (Å²) in [5.41, 5.74) is 1.79. The maximum absolute atomic E-state index is 13.2. The molecule has 0 spiro atoms. The summed E-state index contributed by atoms with van der Waals surface area (Å²) >= 11 is 0. The van der Waals surface area contributed by atoms with E-state index in [1.807, 2.05) is 55.1 Å². The molecule has 2 aromatic rings. The lowest BCUT2D eigenvalue weighted by Crippen LogP contribution is -2.41. The summed E-state index contributed by atoms with van der Waals surface area (Å²) in [7, 11) is 3.13. The van der Waals surface area contributed by atoms with Crippen molar-refractivity contribution in [3.8, 4) is 11.5 Å². The standard InChI is InChI=1S/C23H28N2O4/c1-16(2)24(14-17-8-6-5-7-9-17)23(27)18-12-22(26)25(15-18)19-10-11-20(28-3)21(13-19)29-4/h5-11,13,16,18H,12,14-15H2,1-4H3. The first-order valence-electron chi connectivity index (χ1n) is 9.81. The molecule has 6 heteroatoms. The number of carbonyl (C=O) groups is 2. The average Bonchev–Trinajstić information content (AvgIpc) is 3.13. The summed E-state index contributed by atoms with van der Waals surface area (Å²) in [6.45, 7) is 4.91. The van der Waals surface area contributed by atoms with E-state index in [1.54, 1.807) is 31.3 Å². The maximum atomic E-state index is 13.2. The van der Waals surface area contributed by atoms with Crippen LogP contribution in [0.3, 0.4) is 0 Å². The number of methoxy groups -OCH3 is 2. The lowest BCUT2D eigenvalue weighted by molar-refractivity contribution is -0.138. The molecule has 1 saturated heterocycles. The molecule has 1 aliphatic rings. The van der Waals surface area contributed by atoms with Gasteiger partial charge < -0.3 is 19.3 Å². The van der Waals surface area contributed by atoms with Gasteiger partial charge in [-0.2, -0.15) is 0 Å². The van der Waals surface area contributed by atoms with Crippen LogP contribution in [0.25, 0.3) is 0 Å². The molecular weight excluding hydrogens is 368 g/mol. The fourth-order valence-corrected chi connectivity index (χ4v) is 3.64. The smallest absolute Gasteiger partial charge is 0.228 e. The number of ether oxygens (including phenoxy) is 2. The Morgan fingerprint density at radius 3 is 2.41 bits per heavy atom. The zero-order chi connectivity index (χ0) is 21.0. The molecule has 0 bridgehead atoms. The van der Waals surface area contributed by atoms with Gasteiger partial charge in [-0.1, -0.05) is 30.3 Å². The summed E-state index contributed by atoms with van der Waals surface area (Å²) < 4.78 is 10.6. The van der Waals surface area contributed by atoms with Crippen LogP contribution in [0.4, 0.5) is 5.69 Å². The van der Waals surface area contributed by atoms with Gasteiger partial charge in [0.25, 0.3) is 0 Å². The average molecular weight is 396 g/mol. The minimum absolute atomic E-state index is 0.0141. The molecular formula is C23H28N2O4. The van der Waals surface area contributed by atoms with E-state index in [2.05, 4.69) is 0 Å². The molecule has 0 radical (unpaired) electrons. The van der Waals surface area contributed by atoms with Gasteiger partial charge in [0.15, 0.2) is 11.5 Å². The topological polar surface area (TPSA) is 59.1 Å². The van der Waals surface area contributed by atoms with Crippen LogP contribution in [0.5, 0.6) is 11.5 Å². The van der Waals surface area contributed by atoms with E-state index in [1.165, 1.54) is 0 Å². The second-order valence-electron chi connectivity index (χ2n) is 7.49. The number of anilines is 1. The number of hydrogen-bond acceptors (Lipinski definition) is 4. The van der Waals surface area contributed by atoms with Crippen molar-refractivity contribution in [1.29, 1.82) is 0 Å². The van der Waals surface area contributed by atoms with Gasteiger partial charge >= 0.3 is 0 Å². The summed E-state index contributed by atoms with van der Waals surface area (Å²) in [6.07, 6.45) is 0.213. The number of nitrogens with zero attached hydrogens (tertiary/aromatic N) is 2. The van der Waals surface area contributed by atoms with Crippen molar-refractivity contribution in [2.75, 3.05) is 25.7 Å². The highest BCUT2D eigenvalue weighted by molar-refractivity contribution is 6.00. The predicted octanol–water partition coefficient (Wildman–Crippen LogP) is 3.49. The molecule has 2 amide bonds. The first kappa shape index (κ1) is 20.7. The summed E-state index contributed by atoms with van der Waals surface area (Å²) in [5, 5.41) is 0. The Labute approximate surface area is 172 Å². The molecule has 2 aromatic carbocycles. The Morgan fingerprint density at radius 1 is 1.10 bits per heavy atom. The first-order valence-corrected chi connectivity index (χ1v) is 9.81. The van der Waals surface area contributed by atoms with E-state index < -0.39 is 0 Å². The number of benzene rings is 2. The molecule has 154 valence electrons. The maximum Gasteiger partial charge on any atom is 0.228 e. The van der Waals surface area contributed by atoms with Crippen LogP contribution < -0.4 is 14.4 Å². The van der Waals surface area contributed by atoms with Crippen molar-refractivity contribution < 1.29 is 19.1 Å². The second-order valence-corrected chi connectivity index (χ2v) is 7.49. The van der Waals surface area contributed by atoms with Gasteiger partial charge in [-0.15, -0.1) is 0 Å². The highest BCUT2D eigenvalue weighted by Crippen LogP contribution is 2.34. The quantitative estimate of drug-likeness (QED) is 0.719. The van der Waals surface area contributed by atoms with E-state index in [9.17, 15) is 9.59 Å². The molecule has 0 aliphatic carbocycles. The minimum Gasteiger partial charge on any atom is -0.493 e. The third-order valence-electron chi connectivity index (χ3n) is 5.26. The van der Waals surface area contributed by atoms with Crippen molar-refractivity contribution >= 4 is 17.5 Å². The summed E-state index contributed by atoms with van der Waals surface area (Å²) in [6, 6.07) is 15.3. The van der Waals surface area contributed by atoms with E-state index in [0.29, 0.717) is 30.3 Å². The third kappa shape index (κ3) is 4.53. The van der Waals surface area contributed by atoms with Crippen LogP contribution >= 0.6 is 0 Å². The largest absolute Gasteiger partial charge is 0.493 e. The van der Waals surface area contributed by atoms with Gasteiger partial charge in [-0.05, 0) is 31.5 Å². The Morgan fingerprint density at radius 2 is 1.79 bits per heavy atom. The van der Waals surface area contributed by atoms with Gasteiger partial charge in [-0.3, -0.25) is 9.59 Å². The van der Waals surface area contributed by atoms with E-state index >= 15 is 0 Å². The van der Waals surface area contributed by atoms with Crippen LogP contribution in [0.1, 0.15) is 25.8 Å². The zero-order valence-corrected chi connectivity index (χ0v) is 17.4. The van der Waals surface area contributed by atoms with Crippen LogP contribution in [-0.4, -0.2) is 43.5 Å². The molecule has 0 saturated carbocycles. The molecule has 3 rings (SSSR count). The van der Waals surface area contributed by atoms with Crippen molar-refractivity contribution in [2.24, 2.45) is 5.92 Å². The van der Waals surface area contributed by atoms with Gasteiger partial charge in [0, 0.05) is 37.3 Å². The van der Waals surface area contributed by atoms with Gasteiger partial charge in [0.1, 0.15) is 0 Å². The molecule has 1 heterocycles. The van der Waals surface area contributed by atoms with E-state index in [4.69, 9.17) is 9.47 Å². The number of hydrogen-bond donors (Lipinski definition) is 0. The molecule has 1 atom stereocenters. The fraction of sp³-hybridized carbons (Fsp3) is 0.391. The summed E-state index contributed by atoms with van der Waals surface area (Å²) in [4.78, 5) is 29.4. The molecule has 0 N–H and O–H groups in total. The second kappa shape index (κ2) is 8.99. The monoisotopic (exact) mass is 396 g/mol. The Balaban J connectivity index is 1.77. The van der Waals surface area contributed by atoms with Gasteiger partial charge in [-0.25, -0.2) is 0 Å². The third-order valence-corrected chi connectivity index (χ3v) is 5.26. The fourth-order valence-electron chi connectivity index (χ4n) is 3.64. The van der Waals surface area contributed by atoms with Crippen LogP contribution in [0.15, 0.2) is 48.5 Å². The lowest BCUT2D eigenvalue weighted by atomic mass is 10.1. The van der Waals surface area contributed by atoms with Crippen molar-refractivity contribution in [1.82, 2.24) is 4.90 Å². The lowest BCUT2D eigenvalue weighted by Gasteiger charge is -2.29. The molecule has 6 nitrogen and oxygen atoms in total. The number of carbonyl (C=O) groups excluding carboxylic acids is 2. The zero-order valence-electron chi connectivity index (χ0n) is 17.4. The van der Waals surface area contributed by atoms with Crippen LogP contribution in [-0.2, 0) is 16.1 Å². The highest BCUT2D eigenvalue weighted by Gasteiger charge is 2.38. The molecule has 0 aromatic heterocycles.